The summed E-state index contributed by atoms with van der Waals surface area (Å²) in [6.07, 6.45) is 0.0658. The summed E-state index contributed by atoms with van der Waals surface area (Å²) in [6, 6.07) is 7.50. The lowest BCUT2D eigenvalue weighted by Gasteiger charge is -2.41. The summed E-state index contributed by atoms with van der Waals surface area (Å²) in [5.41, 5.74) is 7.02. The van der Waals surface area contributed by atoms with Gasteiger partial charge in [0.25, 0.3) is 5.91 Å². The van der Waals surface area contributed by atoms with E-state index in [9.17, 15) is 4.79 Å². The van der Waals surface area contributed by atoms with Crippen molar-refractivity contribution < 1.29 is 9.53 Å². The fourth-order valence-electron chi connectivity index (χ4n) is 2.57. The number of ether oxygens (including phenoxy) is 1. The third-order valence-electron chi connectivity index (χ3n) is 3.29. The molecular weight excluding hydrogens is 276 g/mol. The zero-order valence-corrected chi connectivity index (χ0v) is 13.1. The van der Waals surface area contributed by atoms with Gasteiger partial charge in [0.05, 0.1) is 11.7 Å². The number of amides is 1. The molecule has 1 atom stereocenters. The van der Waals surface area contributed by atoms with Gasteiger partial charge >= 0.3 is 0 Å². The highest BCUT2D eigenvalue weighted by molar-refractivity contribution is 5.94. The number of carbonyl (C=O) groups excluding carboxylic acids is 1. The Bertz CT molecular complexity index is 459. The van der Waals surface area contributed by atoms with Gasteiger partial charge in [-0.15, -0.1) is 12.4 Å². The van der Waals surface area contributed by atoms with Crippen molar-refractivity contribution in [3.05, 3.63) is 35.4 Å². The van der Waals surface area contributed by atoms with Crippen molar-refractivity contribution in [2.75, 3.05) is 13.1 Å². The molecule has 0 aliphatic carbocycles. The maximum absolute atomic E-state index is 12.5. The standard InChI is InChI=1S/C15H22N2O2.ClH/c1-11-9-17(10-15(2,3)19-11)14(18)13-6-4-12(8-16)5-7-13;/h4-7,11H,8-10,16H2,1-3H3;1H. The second-order valence-corrected chi connectivity index (χ2v) is 5.77. The normalized spacial score (nSPS) is 21.2. The summed E-state index contributed by atoms with van der Waals surface area (Å²) in [7, 11) is 0. The molecule has 1 saturated heterocycles. The Morgan fingerprint density at radius 3 is 2.50 bits per heavy atom. The van der Waals surface area contributed by atoms with E-state index in [1.807, 2.05) is 49.9 Å². The number of rotatable bonds is 2. The van der Waals surface area contributed by atoms with Crippen molar-refractivity contribution in [1.82, 2.24) is 4.90 Å². The molecule has 1 amide bonds. The zero-order valence-electron chi connectivity index (χ0n) is 12.3. The maximum Gasteiger partial charge on any atom is 0.254 e. The molecule has 0 radical (unpaired) electrons. The molecule has 0 aromatic heterocycles. The van der Waals surface area contributed by atoms with Crippen LogP contribution in [0.25, 0.3) is 0 Å². The van der Waals surface area contributed by atoms with Crippen LogP contribution in [0.5, 0.6) is 0 Å². The molecule has 5 heteroatoms. The largest absolute Gasteiger partial charge is 0.369 e. The molecule has 20 heavy (non-hydrogen) atoms. The number of carbonyl (C=O) groups is 1. The van der Waals surface area contributed by atoms with Gasteiger partial charge in [-0.2, -0.15) is 0 Å². The molecule has 1 unspecified atom stereocenters. The molecular formula is C15H23ClN2O2. The minimum atomic E-state index is -0.287. The van der Waals surface area contributed by atoms with Gasteiger partial charge in [-0.25, -0.2) is 0 Å². The lowest BCUT2D eigenvalue weighted by molar-refractivity contribution is -0.118. The first kappa shape index (κ1) is 17.0. The van der Waals surface area contributed by atoms with Crippen LogP contribution < -0.4 is 5.73 Å². The minimum Gasteiger partial charge on any atom is -0.369 e. The third-order valence-corrected chi connectivity index (χ3v) is 3.29. The van der Waals surface area contributed by atoms with E-state index in [0.29, 0.717) is 25.2 Å². The number of nitrogens with two attached hydrogens (primary N) is 1. The summed E-state index contributed by atoms with van der Waals surface area (Å²) in [6.45, 7) is 7.78. The van der Waals surface area contributed by atoms with Crippen molar-refractivity contribution in [3.63, 3.8) is 0 Å². The van der Waals surface area contributed by atoms with Gasteiger partial charge in [0, 0.05) is 25.2 Å². The summed E-state index contributed by atoms with van der Waals surface area (Å²) < 4.78 is 5.82. The highest BCUT2D eigenvalue weighted by Gasteiger charge is 2.33. The van der Waals surface area contributed by atoms with E-state index in [-0.39, 0.29) is 30.0 Å². The Morgan fingerprint density at radius 1 is 1.40 bits per heavy atom. The highest BCUT2D eigenvalue weighted by Crippen LogP contribution is 2.22. The molecule has 1 heterocycles. The van der Waals surface area contributed by atoms with Crippen LogP contribution in [0.3, 0.4) is 0 Å². The molecule has 1 fully saturated rings. The molecule has 0 saturated carbocycles. The first-order chi connectivity index (χ1) is 8.91. The van der Waals surface area contributed by atoms with Gasteiger partial charge < -0.3 is 15.4 Å². The fourth-order valence-corrected chi connectivity index (χ4v) is 2.57. The quantitative estimate of drug-likeness (QED) is 0.911. The number of hydrogen-bond donors (Lipinski definition) is 1. The average Bonchev–Trinajstić information content (AvgIpc) is 2.35. The Labute approximate surface area is 126 Å². The topological polar surface area (TPSA) is 55.6 Å². The smallest absolute Gasteiger partial charge is 0.254 e. The van der Waals surface area contributed by atoms with Crippen molar-refractivity contribution in [1.29, 1.82) is 0 Å². The summed E-state index contributed by atoms with van der Waals surface area (Å²) in [5.74, 6) is 0.0618. The van der Waals surface area contributed by atoms with Crippen LogP contribution in [0.1, 0.15) is 36.7 Å². The van der Waals surface area contributed by atoms with Gasteiger partial charge in [-0.05, 0) is 38.5 Å². The van der Waals surface area contributed by atoms with Crippen LogP contribution in [-0.4, -0.2) is 35.6 Å². The van der Waals surface area contributed by atoms with Gasteiger partial charge in [0.2, 0.25) is 0 Å². The highest BCUT2D eigenvalue weighted by atomic mass is 35.5. The van der Waals surface area contributed by atoms with E-state index in [1.54, 1.807) is 0 Å². The second kappa shape index (κ2) is 6.57. The number of hydrogen-bond acceptors (Lipinski definition) is 3. The van der Waals surface area contributed by atoms with E-state index >= 15 is 0 Å². The molecule has 1 aromatic carbocycles. The Balaban J connectivity index is 0.00000200. The van der Waals surface area contributed by atoms with Crippen molar-refractivity contribution in [2.45, 2.75) is 39.0 Å². The predicted octanol–water partition coefficient (Wildman–Crippen LogP) is 2.21. The summed E-state index contributed by atoms with van der Waals surface area (Å²) >= 11 is 0. The van der Waals surface area contributed by atoms with E-state index in [0.717, 1.165) is 5.56 Å². The first-order valence-electron chi connectivity index (χ1n) is 6.67. The molecule has 1 aliphatic rings. The molecule has 2 rings (SSSR count). The average molecular weight is 299 g/mol. The maximum atomic E-state index is 12.5. The van der Waals surface area contributed by atoms with Crippen LogP contribution in [0.15, 0.2) is 24.3 Å². The third kappa shape index (κ3) is 3.95. The SMILES string of the molecule is CC1CN(C(=O)c2ccc(CN)cc2)CC(C)(C)O1.Cl. The van der Waals surface area contributed by atoms with Gasteiger partial charge in [-0.1, -0.05) is 12.1 Å². The first-order valence-corrected chi connectivity index (χ1v) is 6.67. The molecule has 4 nitrogen and oxygen atoms in total. The molecule has 2 N–H and O–H groups in total. The monoisotopic (exact) mass is 298 g/mol. The van der Waals surface area contributed by atoms with Crippen molar-refractivity contribution in [2.24, 2.45) is 5.73 Å². The van der Waals surface area contributed by atoms with Gasteiger partial charge in [0.1, 0.15) is 0 Å². The Morgan fingerprint density at radius 2 is 2.00 bits per heavy atom. The van der Waals surface area contributed by atoms with Crippen LogP contribution in [0.4, 0.5) is 0 Å². The zero-order chi connectivity index (χ0) is 14.0. The molecule has 1 aromatic rings. The van der Waals surface area contributed by atoms with E-state index < -0.39 is 0 Å². The van der Waals surface area contributed by atoms with Gasteiger partial charge in [0.15, 0.2) is 0 Å². The summed E-state index contributed by atoms with van der Waals surface area (Å²) in [4.78, 5) is 14.3. The Hall–Kier alpha value is -1.10. The predicted molar refractivity (Wildman–Crippen MR) is 82.1 cm³/mol. The van der Waals surface area contributed by atoms with Crippen LogP contribution in [0.2, 0.25) is 0 Å². The molecule has 0 spiro atoms. The second-order valence-electron chi connectivity index (χ2n) is 5.77. The van der Waals surface area contributed by atoms with Crippen molar-refractivity contribution >= 4 is 18.3 Å². The van der Waals surface area contributed by atoms with E-state index in [2.05, 4.69) is 0 Å². The van der Waals surface area contributed by atoms with Gasteiger partial charge in [-0.3, -0.25) is 4.79 Å². The lowest BCUT2D eigenvalue weighted by atomic mass is 10.0. The Kier molecular flexibility index (Phi) is 5.57. The molecule has 112 valence electrons. The van der Waals surface area contributed by atoms with Crippen LogP contribution in [-0.2, 0) is 11.3 Å². The number of benzene rings is 1. The number of nitrogens with zero attached hydrogens (tertiary/aromatic N) is 1. The van der Waals surface area contributed by atoms with Crippen LogP contribution >= 0.6 is 12.4 Å². The number of halogens is 1. The van der Waals surface area contributed by atoms with Crippen LogP contribution in [0, 0.1) is 0 Å². The lowest BCUT2D eigenvalue weighted by Crippen LogP contribution is -2.53. The summed E-state index contributed by atoms with van der Waals surface area (Å²) in [5, 5.41) is 0. The number of morpholine rings is 1. The fraction of sp³-hybridized carbons (Fsp3) is 0.533. The minimum absolute atomic E-state index is 0. The van der Waals surface area contributed by atoms with Crippen molar-refractivity contribution in [3.8, 4) is 0 Å². The van der Waals surface area contributed by atoms with E-state index in [4.69, 9.17) is 10.5 Å². The molecule has 0 bridgehead atoms. The molecule has 1 aliphatic heterocycles. The van der Waals surface area contributed by atoms with E-state index in [1.165, 1.54) is 0 Å².